The van der Waals surface area contributed by atoms with Crippen LogP contribution < -0.4 is 10.5 Å². The molecule has 6 heteroatoms. The molecule has 0 saturated carbocycles. The average molecular weight is 382 g/mol. The fourth-order valence-corrected chi connectivity index (χ4v) is 3.73. The van der Waals surface area contributed by atoms with Gasteiger partial charge in [-0.1, -0.05) is 55.9 Å². The van der Waals surface area contributed by atoms with Crippen LogP contribution in [-0.2, 0) is 11.3 Å². The third-order valence-electron chi connectivity index (χ3n) is 4.22. The zero-order valence-corrected chi connectivity index (χ0v) is 16.6. The topological polar surface area (TPSA) is 55.2 Å². The molecule has 1 heterocycles. The number of anilines is 1. The maximum Gasteiger partial charge on any atom is 0.262 e. The number of thioether (sulfide) groups is 1. The van der Waals surface area contributed by atoms with Crippen molar-refractivity contribution in [1.82, 2.24) is 9.55 Å². The molecule has 0 radical (unpaired) electrons. The fourth-order valence-electron chi connectivity index (χ4n) is 2.80. The highest BCUT2D eigenvalue weighted by molar-refractivity contribution is 7.99. The van der Waals surface area contributed by atoms with Crippen molar-refractivity contribution < 1.29 is 4.79 Å². The minimum atomic E-state index is -0.0549. The summed E-state index contributed by atoms with van der Waals surface area (Å²) in [7, 11) is 1.76. The van der Waals surface area contributed by atoms with Crippen molar-refractivity contribution in [3.05, 3.63) is 65.0 Å². The summed E-state index contributed by atoms with van der Waals surface area (Å²) in [6, 6.07) is 16.8. The minimum Gasteiger partial charge on any atom is -0.315 e. The van der Waals surface area contributed by atoms with Crippen LogP contribution in [0.4, 0.5) is 5.69 Å². The summed E-state index contributed by atoms with van der Waals surface area (Å²) >= 11 is 1.31. The highest BCUT2D eigenvalue weighted by Crippen LogP contribution is 2.20. The number of nitrogens with zero attached hydrogens (tertiary/aromatic N) is 3. The molecule has 0 aliphatic carbocycles. The molecular weight excluding hydrogens is 358 g/mol. The van der Waals surface area contributed by atoms with E-state index in [0.717, 1.165) is 5.69 Å². The standard InChI is InChI=1S/C21H23N3O2S/c1-15(2)13-24-20(26)17-11-7-8-12-18(17)22-21(24)27-14-19(25)23(3)16-9-5-4-6-10-16/h4-12,15H,13-14H2,1-3H3. The quantitative estimate of drug-likeness (QED) is 0.481. The molecule has 2 aromatic carbocycles. The minimum absolute atomic E-state index is 0.0373. The van der Waals surface area contributed by atoms with Crippen LogP contribution in [0, 0.1) is 5.92 Å². The van der Waals surface area contributed by atoms with Gasteiger partial charge < -0.3 is 4.90 Å². The van der Waals surface area contributed by atoms with Gasteiger partial charge in [-0.15, -0.1) is 0 Å². The molecule has 3 aromatic rings. The number of hydrogen-bond donors (Lipinski definition) is 0. The van der Waals surface area contributed by atoms with Gasteiger partial charge in [0.05, 0.1) is 16.7 Å². The molecule has 0 unspecified atom stereocenters. The number of amides is 1. The maximum atomic E-state index is 12.9. The molecule has 0 N–H and O–H groups in total. The van der Waals surface area contributed by atoms with E-state index in [9.17, 15) is 9.59 Å². The second-order valence-corrected chi connectivity index (χ2v) is 7.74. The summed E-state index contributed by atoms with van der Waals surface area (Å²) in [5.74, 6) is 0.478. The molecule has 0 aliphatic heterocycles. The van der Waals surface area contributed by atoms with Gasteiger partial charge in [0.2, 0.25) is 5.91 Å². The SMILES string of the molecule is CC(C)Cn1c(SCC(=O)N(C)c2ccccc2)nc2ccccc2c1=O. The van der Waals surface area contributed by atoms with E-state index in [-0.39, 0.29) is 17.2 Å². The third kappa shape index (κ3) is 4.39. The molecule has 5 nitrogen and oxygen atoms in total. The van der Waals surface area contributed by atoms with Crippen LogP contribution in [0.15, 0.2) is 64.5 Å². The lowest BCUT2D eigenvalue weighted by Gasteiger charge is -2.18. The first-order valence-corrected chi connectivity index (χ1v) is 9.90. The molecule has 3 rings (SSSR count). The first-order chi connectivity index (χ1) is 13.0. The summed E-state index contributed by atoms with van der Waals surface area (Å²) in [4.78, 5) is 31.8. The molecule has 0 spiro atoms. The zero-order valence-electron chi connectivity index (χ0n) is 15.8. The Labute approximate surface area is 163 Å². The molecule has 27 heavy (non-hydrogen) atoms. The average Bonchev–Trinajstić information content (AvgIpc) is 2.68. The number of para-hydroxylation sites is 2. The Morgan fingerprint density at radius 1 is 1.11 bits per heavy atom. The predicted molar refractivity (Wildman–Crippen MR) is 111 cm³/mol. The number of carbonyl (C=O) groups is 1. The second kappa shape index (κ2) is 8.39. The van der Waals surface area contributed by atoms with E-state index in [1.807, 2.05) is 48.5 Å². The highest BCUT2D eigenvalue weighted by Gasteiger charge is 2.16. The first-order valence-electron chi connectivity index (χ1n) is 8.91. The van der Waals surface area contributed by atoms with E-state index in [4.69, 9.17) is 0 Å². The van der Waals surface area contributed by atoms with E-state index in [1.165, 1.54) is 11.8 Å². The Bertz CT molecular complexity index is 999. The summed E-state index contributed by atoms with van der Waals surface area (Å²) < 4.78 is 1.69. The first kappa shape index (κ1) is 19.2. The summed E-state index contributed by atoms with van der Waals surface area (Å²) in [5, 5.41) is 1.19. The van der Waals surface area contributed by atoms with Gasteiger partial charge in [0, 0.05) is 19.3 Å². The van der Waals surface area contributed by atoms with Gasteiger partial charge in [0.25, 0.3) is 5.56 Å². The van der Waals surface area contributed by atoms with Crippen molar-refractivity contribution in [2.75, 3.05) is 17.7 Å². The van der Waals surface area contributed by atoms with Crippen LogP contribution >= 0.6 is 11.8 Å². The predicted octanol–water partition coefficient (Wildman–Crippen LogP) is 3.81. The number of aromatic nitrogens is 2. The Morgan fingerprint density at radius 2 is 1.78 bits per heavy atom. The van der Waals surface area contributed by atoms with Crippen LogP contribution in [0.2, 0.25) is 0 Å². The Kier molecular flexibility index (Phi) is 5.96. The van der Waals surface area contributed by atoms with Crippen molar-refractivity contribution in [2.45, 2.75) is 25.5 Å². The molecule has 0 aliphatic rings. The van der Waals surface area contributed by atoms with E-state index in [0.29, 0.717) is 28.5 Å². The lowest BCUT2D eigenvalue weighted by molar-refractivity contribution is -0.115. The molecule has 0 saturated heterocycles. The Hall–Kier alpha value is -2.60. The summed E-state index contributed by atoms with van der Waals surface area (Å²) in [6.45, 7) is 4.69. The van der Waals surface area contributed by atoms with Crippen molar-refractivity contribution in [1.29, 1.82) is 0 Å². The fraction of sp³-hybridized carbons (Fsp3) is 0.286. The zero-order chi connectivity index (χ0) is 19.4. The number of hydrogen-bond acceptors (Lipinski definition) is 4. The van der Waals surface area contributed by atoms with Crippen molar-refractivity contribution >= 4 is 34.3 Å². The summed E-state index contributed by atoms with van der Waals surface area (Å²) in [6.07, 6.45) is 0. The largest absolute Gasteiger partial charge is 0.315 e. The normalized spacial score (nSPS) is 11.1. The number of carbonyl (C=O) groups excluding carboxylic acids is 1. The van der Waals surface area contributed by atoms with Crippen molar-refractivity contribution in [3.8, 4) is 0 Å². The number of fused-ring (bicyclic) bond motifs is 1. The van der Waals surface area contributed by atoms with Gasteiger partial charge in [-0.05, 0) is 30.2 Å². The molecule has 0 bridgehead atoms. The monoisotopic (exact) mass is 381 g/mol. The van der Waals surface area contributed by atoms with Crippen molar-refractivity contribution in [3.63, 3.8) is 0 Å². The lowest BCUT2D eigenvalue weighted by Crippen LogP contribution is -2.29. The van der Waals surface area contributed by atoms with Gasteiger partial charge in [0.15, 0.2) is 5.16 Å². The van der Waals surface area contributed by atoms with E-state index < -0.39 is 0 Å². The van der Waals surface area contributed by atoms with Crippen LogP contribution in [-0.4, -0.2) is 28.3 Å². The van der Waals surface area contributed by atoms with Crippen LogP contribution in [0.3, 0.4) is 0 Å². The molecular formula is C21H23N3O2S. The Morgan fingerprint density at radius 3 is 2.48 bits per heavy atom. The van der Waals surface area contributed by atoms with E-state index >= 15 is 0 Å². The third-order valence-corrected chi connectivity index (χ3v) is 5.18. The van der Waals surface area contributed by atoms with Gasteiger partial charge >= 0.3 is 0 Å². The molecule has 0 atom stereocenters. The van der Waals surface area contributed by atoms with Gasteiger partial charge in [-0.3, -0.25) is 14.2 Å². The van der Waals surface area contributed by atoms with Crippen LogP contribution in [0.5, 0.6) is 0 Å². The molecule has 140 valence electrons. The molecule has 0 fully saturated rings. The smallest absolute Gasteiger partial charge is 0.262 e. The second-order valence-electron chi connectivity index (χ2n) is 6.80. The van der Waals surface area contributed by atoms with Gasteiger partial charge in [0.1, 0.15) is 0 Å². The molecule has 1 aromatic heterocycles. The van der Waals surface area contributed by atoms with E-state index in [1.54, 1.807) is 22.6 Å². The highest BCUT2D eigenvalue weighted by atomic mass is 32.2. The Balaban J connectivity index is 1.87. The van der Waals surface area contributed by atoms with Gasteiger partial charge in [-0.2, -0.15) is 0 Å². The number of benzene rings is 2. The van der Waals surface area contributed by atoms with E-state index in [2.05, 4.69) is 18.8 Å². The van der Waals surface area contributed by atoms with Crippen molar-refractivity contribution in [2.24, 2.45) is 5.92 Å². The maximum absolute atomic E-state index is 12.9. The van der Waals surface area contributed by atoms with Gasteiger partial charge in [-0.25, -0.2) is 4.98 Å². The molecule has 1 amide bonds. The van der Waals surface area contributed by atoms with Crippen LogP contribution in [0.1, 0.15) is 13.8 Å². The lowest BCUT2D eigenvalue weighted by atomic mass is 10.2. The van der Waals surface area contributed by atoms with Crippen LogP contribution in [0.25, 0.3) is 10.9 Å². The number of rotatable bonds is 6. The summed E-state index contributed by atoms with van der Waals surface area (Å²) in [5.41, 5.74) is 1.45.